The van der Waals surface area contributed by atoms with Crippen molar-refractivity contribution < 1.29 is 13.2 Å². The lowest BCUT2D eigenvalue weighted by Crippen LogP contribution is -2.20. The molecule has 0 bridgehead atoms. The van der Waals surface area contributed by atoms with Crippen LogP contribution in [0.1, 0.15) is 12.5 Å². The Morgan fingerprint density at radius 3 is 2.29 bits per heavy atom. The smallest absolute Gasteiger partial charge is 0.168 e. The van der Waals surface area contributed by atoms with Gasteiger partial charge in [-0.05, 0) is 31.0 Å². The first kappa shape index (κ1) is 15.2. The van der Waals surface area contributed by atoms with Crippen molar-refractivity contribution in [2.75, 3.05) is 17.7 Å². The fourth-order valence-electron chi connectivity index (χ4n) is 2.00. The molecular formula is C15H16F3N3. The zero-order valence-electron chi connectivity index (χ0n) is 11.8. The maximum Gasteiger partial charge on any atom is 0.168 e. The number of hydrogen-bond acceptors (Lipinski definition) is 3. The second-order valence-electron chi connectivity index (χ2n) is 4.78. The summed E-state index contributed by atoms with van der Waals surface area (Å²) in [6, 6.07) is 6.72. The van der Waals surface area contributed by atoms with Crippen LogP contribution in [-0.2, 0) is 6.42 Å². The number of benzene rings is 1. The minimum absolute atomic E-state index is 0.0182. The van der Waals surface area contributed by atoms with Crippen LogP contribution >= 0.6 is 0 Å². The highest BCUT2D eigenvalue weighted by atomic mass is 19.1. The Balaban J connectivity index is 2.08. The fraction of sp³-hybridized carbons (Fsp3) is 0.267. The lowest BCUT2D eigenvalue weighted by Gasteiger charge is -2.16. The monoisotopic (exact) mass is 295 g/mol. The first-order chi connectivity index (χ1) is 9.99. The van der Waals surface area contributed by atoms with Crippen LogP contribution < -0.4 is 10.6 Å². The molecule has 2 rings (SSSR count). The average Bonchev–Trinajstić information content (AvgIpc) is 2.44. The van der Waals surface area contributed by atoms with Crippen LogP contribution in [0.3, 0.4) is 0 Å². The average molecular weight is 295 g/mol. The van der Waals surface area contributed by atoms with Crippen LogP contribution in [0.25, 0.3) is 0 Å². The summed E-state index contributed by atoms with van der Waals surface area (Å²) < 4.78 is 39.8. The van der Waals surface area contributed by atoms with Gasteiger partial charge in [-0.15, -0.1) is 0 Å². The summed E-state index contributed by atoms with van der Waals surface area (Å²) in [5.74, 6) is -1.84. The van der Waals surface area contributed by atoms with Crippen molar-refractivity contribution in [1.82, 2.24) is 4.98 Å². The van der Waals surface area contributed by atoms with Crippen molar-refractivity contribution >= 4 is 11.6 Å². The van der Waals surface area contributed by atoms with E-state index in [9.17, 15) is 13.2 Å². The quantitative estimate of drug-likeness (QED) is 0.885. The first-order valence-corrected chi connectivity index (χ1v) is 6.54. The minimum Gasteiger partial charge on any atom is -0.371 e. The molecule has 1 atom stereocenters. The van der Waals surface area contributed by atoms with Crippen LogP contribution in [0, 0.1) is 17.5 Å². The summed E-state index contributed by atoms with van der Waals surface area (Å²) in [6.07, 6.45) is 0.563. The lowest BCUT2D eigenvalue weighted by atomic mass is 10.1. The number of anilines is 2. The standard InChI is InChI=1S/C15H16F3N3/c1-9(7-10-3-5-11(16)6-4-10)20-15-13(18)8-12(17)14(19-2)21-15/h3-6,8-9H,7H2,1-2H3,(H2,19,20,21). The van der Waals surface area contributed by atoms with Crippen molar-refractivity contribution in [2.45, 2.75) is 19.4 Å². The highest BCUT2D eigenvalue weighted by molar-refractivity contribution is 5.47. The second-order valence-corrected chi connectivity index (χ2v) is 4.78. The highest BCUT2D eigenvalue weighted by Crippen LogP contribution is 2.20. The molecule has 1 aromatic heterocycles. The number of pyridine rings is 1. The number of rotatable bonds is 5. The molecule has 0 saturated heterocycles. The summed E-state index contributed by atoms with van der Waals surface area (Å²) >= 11 is 0. The maximum absolute atomic E-state index is 13.7. The number of nitrogens with one attached hydrogen (secondary N) is 2. The molecule has 0 fully saturated rings. The van der Waals surface area contributed by atoms with E-state index in [1.165, 1.54) is 19.2 Å². The van der Waals surface area contributed by atoms with Crippen molar-refractivity contribution in [2.24, 2.45) is 0 Å². The number of aromatic nitrogens is 1. The molecule has 0 aliphatic carbocycles. The van der Waals surface area contributed by atoms with Gasteiger partial charge in [-0.3, -0.25) is 0 Å². The molecule has 2 N–H and O–H groups in total. The number of halogens is 3. The topological polar surface area (TPSA) is 37.0 Å². The van der Waals surface area contributed by atoms with E-state index < -0.39 is 11.6 Å². The molecule has 21 heavy (non-hydrogen) atoms. The molecule has 112 valence electrons. The van der Waals surface area contributed by atoms with Crippen LogP contribution in [0.15, 0.2) is 30.3 Å². The van der Waals surface area contributed by atoms with E-state index >= 15 is 0 Å². The molecule has 0 aliphatic heterocycles. The van der Waals surface area contributed by atoms with Gasteiger partial charge in [0, 0.05) is 19.2 Å². The molecule has 1 aromatic carbocycles. The number of nitrogens with zero attached hydrogens (tertiary/aromatic N) is 1. The van der Waals surface area contributed by atoms with Crippen LogP contribution in [-0.4, -0.2) is 18.1 Å². The van der Waals surface area contributed by atoms with Crippen molar-refractivity contribution in [1.29, 1.82) is 0 Å². The minimum atomic E-state index is -0.752. The molecule has 0 spiro atoms. The summed E-state index contributed by atoms with van der Waals surface area (Å²) in [6.45, 7) is 1.84. The Labute approximate surface area is 121 Å². The fourth-order valence-corrected chi connectivity index (χ4v) is 2.00. The number of hydrogen-bond donors (Lipinski definition) is 2. The van der Waals surface area contributed by atoms with Gasteiger partial charge in [0.15, 0.2) is 23.3 Å². The normalized spacial score (nSPS) is 12.0. The molecular weight excluding hydrogens is 279 g/mol. The Bertz CT molecular complexity index is 614. The van der Waals surface area contributed by atoms with Crippen molar-refractivity contribution in [3.8, 4) is 0 Å². The highest BCUT2D eigenvalue weighted by Gasteiger charge is 2.13. The summed E-state index contributed by atoms with van der Waals surface area (Å²) in [5, 5.41) is 5.45. The van der Waals surface area contributed by atoms with Crippen LogP contribution in [0.4, 0.5) is 24.8 Å². The van der Waals surface area contributed by atoms with Gasteiger partial charge in [0.2, 0.25) is 0 Å². The molecule has 2 aromatic rings. The van der Waals surface area contributed by atoms with Gasteiger partial charge in [-0.2, -0.15) is 0 Å². The van der Waals surface area contributed by atoms with Crippen LogP contribution in [0.5, 0.6) is 0 Å². The Morgan fingerprint density at radius 1 is 1.05 bits per heavy atom. The third-order valence-electron chi connectivity index (χ3n) is 3.00. The van der Waals surface area contributed by atoms with E-state index in [4.69, 9.17) is 0 Å². The Kier molecular flexibility index (Phi) is 4.67. The second kappa shape index (κ2) is 6.47. The third-order valence-corrected chi connectivity index (χ3v) is 3.00. The summed E-state index contributed by atoms with van der Waals surface area (Å²) in [5.41, 5.74) is 0.910. The van der Waals surface area contributed by atoms with Gasteiger partial charge >= 0.3 is 0 Å². The van der Waals surface area contributed by atoms with Gasteiger partial charge in [0.1, 0.15) is 5.82 Å². The molecule has 3 nitrogen and oxygen atoms in total. The van der Waals surface area contributed by atoms with Gasteiger partial charge in [-0.1, -0.05) is 12.1 Å². The molecule has 0 aliphatic rings. The Morgan fingerprint density at radius 2 is 1.67 bits per heavy atom. The molecule has 1 unspecified atom stereocenters. The van der Waals surface area contributed by atoms with Crippen molar-refractivity contribution in [3.05, 3.63) is 53.3 Å². The molecule has 0 radical (unpaired) electrons. The predicted octanol–water partition coefficient (Wildman–Crippen LogP) is 3.58. The van der Waals surface area contributed by atoms with E-state index in [0.29, 0.717) is 6.42 Å². The van der Waals surface area contributed by atoms with E-state index in [2.05, 4.69) is 15.6 Å². The molecule has 0 amide bonds. The molecule has 0 saturated carbocycles. The van der Waals surface area contributed by atoms with E-state index in [-0.39, 0.29) is 23.5 Å². The zero-order valence-corrected chi connectivity index (χ0v) is 11.8. The Hall–Kier alpha value is -2.24. The van der Waals surface area contributed by atoms with E-state index in [1.807, 2.05) is 6.92 Å². The van der Waals surface area contributed by atoms with Gasteiger partial charge < -0.3 is 10.6 Å². The van der Waals surface area contributed by atoms with Gasteiger partial charge in [0.25, 0.3) is 0 Å². The summed E-state index contributed by atoms with van der Waals surface area (Å²) in [4.78, 5) is 3.85. The largest absolute Gasteiger partial charge is 0.371 e. The van der Waals surface area contributed by atoms with Gasteiger partial charge in [0.05, 0.1) is 0 Å². The maximum atomic E-state index is 13.7. The van der Waals surface area contributed by atoms with E-state index in [0.717, 1.165) is 11.6 Å². The first-order valence-electron chi connectivity index (χ1n) is 6.54. The lowest BCUT2D eigenvalue weighted by molar-refractivity contribution is 0.576. The molecule has 1 heterocycles. The zero-order chi connectivity index (χ0) is 15.4. The molecule has 6 heteroatoms. The van der Waals surface area contributed by atoms with Crippen LogP contribution in [0.2, 0.25) is 0 Å². The van der Waals surface area contributed by atoms with E-state index in [1.54, 1.807) is 12.1 Å². The summed E-state index contributed by atoms with van der Waals surface area (Å²) in [7, 11) is 1.51. The van der Waals surface area contributed by atoms with Crippen molar-refractivity contribution in [3.63, 3.8) is 0 Å². The predicted molar refractivity (Wildman–Crippen MR) is 76.9 cm³/mol. The van der Waals surface area contributed by atoms with Gasteiger partial charge in [-0.25, -0.2) is 18.2 Å². The SMILES string of the molecule is CNc1nc(NC(C)Cc2ccc(F)cc2)c(F)cc1F. The third kappa shape index (κ3) is 3.87.